The van der Waals surface area contributed by atoms with Gasteiger partial charge in [-0.2, -0.15) is 0 Å². The van der Waals surface area contributed by atoms with Crippen molar-refractivity contribution in [2.75, 3.05) is 12.9 Å². The third-order valence-electron chi connectivity index (χ3n) is 6.19. The maximum absolute atomic E-state index is 12.7. The molecule has 1 aromatic carbocycles. The quantitative estimate of drug-likeness (QED) is 0.662. The Labute approximate surface area is 192 Å². The molecule has 0 aromatic heterocycles. The molecule has 1 aliphatic carbocycles. The Morgan fingerprint density at radius 3 is 2.56 bits per heavy atom. The zero-order valence-electron chi connectivity index (χ0n) is 18.9. The first-order valence-corrected chi connectivity index (χ1v) is 12.2. The highest BCUT2D eigenvalue weighted by Gasteiger charge is 2.49. The predicted octanol–water partition coefficient (Wildman–Crippen LogP) is 3.58. The summed E-state index contributed by atoms with van der Waals surface area (Å²) in [6.45, 7) is 5.92. The number of fused-ring (bicyclic) bond motifs is 1. The third kappa shape index (κ3) is 4.65. The Morgan fingerprint density at radius 2 is 1.91 bits per heavy atom. The van der Waals surface area contributed by atoms with Crippen molar-refractivity contribution in [2.45, 2.75) is 69.7 Å². The number of carbonyl (C=O) groups excluding carboxylic acids is 1. The van der Waals surface area contributed by atoms with E-state index in [4.69, 9.17) is 19.2 Å². The van der Waals surface area contributed by atoms with E-state index >= 15 is 0 Å². The summed E-state index contributed by atoms with van der Waals surface area (Å²) in [7, 11) is 0. The summed E-state index contributed by atoms with van der Waals surface area (Å²) in [6.07, 6.45) is 0.0636. The molecule has 2 aliphatic heterocycles. The minimum Gasteiger partial charge on any atom is -0.511 e. The maximum atomic E-state index is 12.7. The van der Waals surface area contributed by atoms with Crippen LogP contribution in [-0.4, -0.2) is 64.4 Å². The molecule has 174 valence electrons. The van der Waals surface area contributed by atoms with Crippen molar-refractivity contribution in [3.8, 4) is 0 Å². The van der Waals surface area contributed by atoms with Gasteiger partial charge in [0.25, 0.3) is 0 Å². The molecule has 0 radical (unpaired) electrons. The lowest BCUT2D eigenvalue weighted by molar-refractivity contribution is -0.305. The summed E-state index contributed by atoms with van der Waals surface area (Å²) < 4.78 is 18.1. The van der Waals surface area contributed by atoms with Crippen molar-refractivity contribution in [1.82, 2.24) is 0 Å². The van der Waals surface area contributed by atoms with E-state index in [9.17, 15) is 15.0 Å². The lowest BCUT2D eigenvalue weighted by atomic mass is 9.75. The first kappa shape index (κ1) is 23.4. The molecule has 6 atom stereocenters. The molecule has 0 bridgehead atoms. The van der Waals surface area contributed by atoms with Gasteiger partial charge in [0.1, 0.15) is 35.5 Å². The number of Topliss-reactive ketones (excluding diaryl/α,β-unsaturated/α-hetero) is 1. The topological polar surface area (TPSA) is 97.6 Å². The van der Waals surface area contributed by atoms with E-state index in [2.05, 4.69) is 0 Å². The minimum atomic E-state index is -0.950. The van der Waals surface area contributed by atoms with E-state index in [1.54, 1.807) is 6.92 Å². The molecule has 3 aliphatic rings. The van der Waals surface area contributed by atoms with Gasteiger partial charge in [0.2, 0.25) is 0 Å². The molecule has 1 aromatic rings. The maximum Gasteiger partial charge on any atom is 0.184 e. The van der Waals surface area contributed by atoms with Crippen LogP contribution in [0.1, 0.15) is 45.5 Å². The standard InChI is InChI=1S/C24H31NO6S/c1-13(18-15(26)10-24(2,3)11-16(18)27)25-19-20(28)21-17(30-23(19)32-4)12-29-22(31-21)14-8-6-5-7-9-14/h5-9,17,19-23,26,28H,10-12H2,1-4H3/t17-,19-,20-,21-,22-,23+/m1/s1. The summed E-state index contributed by atoms with van der Waals surface area (Å²) in [4.78, 5) is 17.4. The van der Waals surface area contributed by atoms with Crippen molar-refractivity contribution in [1.29, 1.82) is 0 Å². The van der Waals surface area contributed by atoms with Crippen LogP contribution in [-0.2, 0) is 19.0 Å². The zero-order chi connectivity index (χ0) is 23.0. The average Bonchev–Trinajstić information content (AvgIpc) is 2.74. The van der Waals surface area contributed by atoms with E-state index in [0.717, 1.165) is 5.56 Å². The number of hydrogen-bond acceptors (Lipinski definition) is 8. The van der Waals surface area contributed by atoms with Gasteiger partial charge in [0, 0.05) is 24.1 Å². The van der Waals surface area contributed by atoms with Gasteiger partial charge in [-0.15, -0.1) is 11.8 Å². The number of aliphatic imine (C=N–C) groups is 1. The monoisotopic (exact) mass is 461 g/mol. The Kier molecular flexibility index (Phi) is 6.79. The number of carbonyl (C=O) groups is 1. The molecule has 2 N–H and O–H groups in total. The highest BCUT2D eigenvalue weighted by Crippen LogP contribution is 2.39. The number of hydrogen-bond donors (Lipinski definition) is 2. The van der Waals surface area contributed by atoms with Crippen LogP contribution in [0.5, 0.6) is 0 Å². The molecule has 8 heteroatoms. The highest BCUT2D eigenvalue weighted by molar-refractivity contribution is 7.99. The van der Waals surface area contributed by atoms with Crippen molar-refractivity contribution >= 4 is 23.3 Å². The largest absolute Gasteiger partial charge is 0.511 e. The smallest absolute Gasteiger partial charge is 0.184 e. The van der Waals surface area contributed by atoms with Crippen molar-refractivity contribution in [3.05, 3.63) is 47.2 Å². The number of allylic oxidation sites excluding steroid dienone is 2. The molecule has 0 saturated carbocycles. The number of rotatable bonds is 4. The second kappa shape index (κ2) is 9.27. The zero-order valence-corrected chi connectivity index (χ0v) is 19.7. The van der Waals surface area contributed by atoms with E-state index in [-0.39, 0.29) is 22.5 Å². The van der Waals surface area contributed by atoms with Gasteiger partial charge in [-0.05, 0) is 18.6 Å². The van der Waals surface area contributed by atoms with Crippen LogP contribution in [0.2, 0.25) is 0 Å². The Hall–Kier alpha value is -1.71. The van der Waals surface area contributed by atoms with Gasteiger partial charge in [-0.25, -0.2) is 0 Å². The molecule has 2 fully saturated rings. The first-order chi connectivity index (χ1) is 15.2. The number of ketones is 1. The lowest BCUT2D eigenvalue weighted by Gasteiger charge is -2.46. The van der Waals surface area contributed by atoms with Gasteiger partial charge in [-0.1, -0.05) is 44.2 Å². The van der Waals surface area contributed by atoms with Gasteiger partial charge in [0.05, 0.1) is 12.2 Å². The summed E-state index contributed by atoms with van der Waals surface area (Å²) in [5.74, 6) is -0.0694. The van der Waals surface area contributed by atoms with E-state index in [1.807, 2.05) is 50.4 Å². The van der Waals surface area contributed by atoms with E-state index in [0.29, 0.717) is 25.2 Å². The fourth-order valence-corrected chi connectivity index (χ4v) is 5.43. The molecule has 2 heterocycles. The van der Waals surface area contributed by atoms with Crippen LogP contribution < -0.4 is 0 Å². The van der Waals surface area contributed by atoms with E-state index in [1.165, 1.54) is 11.8 Å². The Bertz CT molecular complexity index is 914. The van der Waals surface area contributed by atoms with Gasteiger partial charge < -0.3 is 24.4 Å². The SMILES string of the molecule is CS[C@@H]1O[C@@H]2CO[C@@H](c3ccccc3)O[C@H]2[C@H](O)[C@H]1N=C(C)C1=C(O)CC(C)(C)CC1=O. The van der Waals surface area contributed by atoms with Crippen LogP contribution >= 0.6 is 11.8 Å². The fourth-order valence-electron chi connectivity index (χ4n) is 4.68. The van der Waals surface area contributed by atoms with Crippen LogP contribution in [0.4, 0.5) is 0 Å². The van der Waals surface area contributed by atoms with Crippen molar-refractivity contribution < 1.29 is 29.2 Å². The first-order valence-electron chi connectivity index (χ1n) is 10.9. The third-order valence-corrected chi connectivity index (χ3v) is 7.05. The Balaban J connectivity index is 1.58. The fraction of sp³-hybridized carbons (Fsp3) is 0.583. The number of thioether (sulfide) groups is 1. The van der Waals surface area contributed by atoms with E-state index < -0.39 is 36.1 Å². The molecule has 0 amide bonds. The number of ether oxygens (including phenoxy) is 3. The number of benzene rings is 1. The number of aliphatic hydroxyl groups excluding tert-OH is 2. The molecule has 0 spiro atoms. The van der Waals surface area contributed by atoms with Crippen LogP contribution in [0.15, 0.2) is 46.7 Å². The molecule has 0 unspecified atom stereocenters. The van der Waals surface area contributed by atoms with Crippen molar-refractivity contribution in [2.24, 2.45) is 10.4 Å². The van der Waals surface area contributed by atoms with Crippen LogP contribution in [0.25, 0.3) is 0 Å². The number of aliphatic hydroxyl groups is 2. The van der Waals surface area contributed by atoms with Gasteiger partial charge in [0.15, 0.2) is 12.1 Å². The molecule has 32 heavy (non-hydrogen) atoms. The average molecular weight is 462 g/mol. The Morgan fingerprint density at radius 1 is 1.19 bits per heavy atom. The van der Waals surface area contributed by atoms with Gasteiger partial charge >= 0.3 is 0 Å². The second-order valence-corrected chi connectivity index (χ2v) is 10.3. The van der Waals surface area contributed by atoms with Crippen LogP contribution in [0.3, 0.4) is 0 Å². The van der Waals surface area contributed by atoms with Crippen molar-refractivity contribution in [3.63, 3.8) is 0 Å². The normalized spacial score (nSPS) is 35.5. The summed E-state index contributed by atoms with van der Waals surface area (Å²) >= 11 is 1.44. The molecule has 4 rings (SSSR count). The molecule has 7 nitrogen and oxygen atoms in total. The lowest BCUT2D eigenvalue weighted by Crippen LogP contribution is -2.60. The molecule has 2 saturated heterocycles. The van der Waals surface area contributed by atoms with Gasteiger partial charge in [-0.3, -0.25) is 9.79 Å². The minimum absolute atomic E-state index is 0.0590. The molecular weight excluding hydrogens is 430 g/mol. The number of nitrogens with zero attached hydrogens (tertiary/aromatic N) is 1. The molecular formula is C24H31NO6S. The summed E-state index contributed by atoms with van der Waals surface area (Å²) in [6, 6.07) is 8.91. The summed E-state index contributed by atoms with van der Waals surface area (Å²) in [5.41, 5.74) is 0.829. The predicted molar refractivity (Wildman–Crippen MR) is 123 cm³/mol. The summed E-state index contributed by atoms with van der Waals surface area (Å²) in [5, 5.41) is 21.8. The highest BCUT2D eigenvalue weighted by atomic mass is 32.2. The second-order valence-electron chi connectivity index (χ2n) is 9.41. The van der Waals surface area contributed by atoms with Crippen LogP contribution in [0, 0.1) is 5.41 Å².